The van der Waals surface area contributed by atoms with E-state index in [1.54, 1.807) is 6.20 Å². The van der Waals surface area contributed by atoms with Gasteiger partial charge in [0.05, 0.1) is 11.1 Å². The third-order valence-corrected chi connectivity index (χ3v) is 6.72. The lowest BCUT2D eigenvalue weighted by Crippen LogP contribution is -2.45. The number of nitrogens with zero attached hydrogens (tertiary/aromatic N) is 1. The Morgan fingerprint density at radius 1 is 1.18 bits per heavy atom. The van der Waals surface area contributed by atoms with E-state index in [0.717, 1.165) is 31.1 Å². The summed E-state index contributed by atoms with van der Waals surface area (Å²) in [5, 5.41) is 0.567. The number of fused-ring (bicyclic) bond motifs is 2. The highest BCUT2D eigenvalue weighted by Gasteiger charge is 2.33. The molecule has 5 rings (SSSR count). The number of rotatable bonds is 8. The Balaban J connectivity index is 1.30. The van der Waals surface area contributed by atoms with Crippen molar-refractivity contribution in [1.29, 1.82) is 0 Å². The molecule has 1 amide bonds. The van der Waals surface area contributed by atoms with Gasteiger partial charge in [-0.3, -0.25) is 9.69 Å². The lowest BCUT2D eigenvalue weighted by Gasteiger charge is -2.36. The monoisotopic (exact) mass is 457 g/mol. The Kier molecular flexibility index (Phi) is 5.78. The second-order valence-corrected chi connectivity index (χ2v) is 9.10. The van der Waals surface area contributed by atoms with Crippen molar-refractivity contribution in [2.24, 2.45) is 11.7 Å². The highest BCUT2D eigenvalue weighted by Crippen LogP contribution is 2.35. The second kappa shape index (κ2) is 8.74. The van der Waals surface area contributed by atoms with Gasteiger partial charge in [-0.25, -0.2) is 13.2 Å². The van der Waals surface area contributed by atoms with Gasteiger partial charge >= 0.3 is 0 Å². The Morgan fingerprint density at radius 3 is 2.76 bits per heavy atom. The molecular weight excluding hydrogens is 431 g/mol. The van der Waals surface area contributed by atoms with Crippen LogP contribution in [0.3, 0.4) is 0 Å². The first kappa shape index (κ1) is 21.8. The van der Waals surface area contributed by atoms with Gasteiger partial charge in [-0.05, 0) is 68.3 Å². The number of primary amides is 1. The van der Waals surface area contributed by atoms with Crippen molar-refractivity contribution < 1.29 is 22.7 Å². The number of aromatic amines is 1. The van der Waals surface area contributed by atoms with E-state index < -0.39 is 23.4 Å². The molecule has 2 aromatic carbocycles. The smallest absolute Gasteiger partial charge is 0.252 e. The van der Waals surface area contributed by atoms with Crippen LogP contribution >= 0.6 is 0 Å². The number of H-pyrrole nitrogens is 1. The van der Waals surface area contributed by atoms with E-state index in [1.165, 1.54) is 31.0 Å². The van der Waals surface area contributed by atoms with Crippen LogP contribution in [0.4, 0.5) is 13.2 Å². The van der Waals surface area contributed by atoms with Crippen LogP contribution in [0.5, 0.6) is 5.75 Å². The lowest BCUT2D eigenvalue weighted by molar-refractivity contribution is 0.0970. The zero-order valence-corrected chi connectivity index (χ0v) is 18.2. The van der Waals surface area contributed by atoms with Gasteiger partial charge in [-0.1, -0.05) is 0 Å². The van der Waals surface area contributed by atoms with Crippen molar-refractivity contribution >= 4 is 16.8 Å². The quantitative estimate of drug-likeness (QED) is 0.529. The largest absolute Gasteiger partial charge is 0.491 e. The minimum atomic E-state index is -0.633. The van der Waals surface area contributed by atoms with E-state index in [2.05, 4.69) is 9.88 Å². The third-order valence-electron chi connectivity index (χ3n) is 6.72. The van der Waals surface area contributed by atoms with Crippen LogP contribution < -0.4 is 10.5 Å². The number of ether oxygens (including phenoxy) is 1. The van der Waals surface area contributed by atoms with Crippen LogP contribution in [0.15, 0.2) is 30.5 Å². The summed E-state index contributed by atoms with van der Waals surface area (Å²) in [5.41, 5.74) is 7.22. The highest BCUT2D eigenvalue weighted by atomic mass is 19.1. The van der Waals surface area contributed by atoms with E-state index in [0.29, 0.717) is 41.8 Å². The molecule has 0 radical (unpaired) electrons. The van der Waals surface area contributed by atoms with Crippen molar-refractivity contribution in [3.05, 3.63) is 64.6 Å². The molecule has 1 aliphatic heterocycles. The van der Waals surface area contributed by atoms with Crippen molar-refractivity contribution in [1.82, 2.24) is 9.88 Å². The molecule has 1 aromatic heterocycles. The number of carbonyl (C=O) groups is 1. The van der Waals surface area contributed by atoms with Gasteiger partial charge in [-0.15, -0.1) is 0 Å². The predicted molar refractivity (Wildman–Crippen MR) is 119 cm³/mol. The van der Waals surface area contributed by atoms with Crippen LogP contribution in [0.25, 0.3) is 10.9 Å². The summed E-state index contributed by atoms with van der Waals surface area (Å²) in [6.07, 6.45) is 5.99. The summed E-state index contributed by atoms with van der Waals surface area (Å²) in [4.78, 5) is 16.9. The molecular formula is C25H26F3N3O2. The van der Waals surface area contributed by atoms with Crippen LogP contribution in [0.1, 0.15) is 40.7 Å². The van der Waals surface area contributed by atoms with Gasteiger partial charge in [0.2, 0.25) is 0 Å². The van der Waals surface area contributed by atoms with Crippen LogP contribution in [0.2, 0.25) is 0 Å². The molecule has 0 bridgehead atoms. The summed E-state index contributed by atoms with van der Waals surface area (Å²) < 4.78 is 48.1. The molecule has 1 unspecified atom stereocenters. The normalized spacial score (nSPS) is 17.9. The van der Waals surface area contributed by atoms with Gasteiger partial charge in [0.15, 0.2) is 0 Å². The summed E-state index contributed by atoms with van der Waals surface area (Å²) in [7, 11) is 0. The maximum Gasteiger partial charge on any atom is 0.252 e. The number of carbonyl (C=O) groups excluding carboxylic acids is 1. The standard InChI is InChI=1S/C25H26F3N3O2/c26-16-8-19-15(11-30-23(19)22(28)9-16)2-1-7-31(12-14-3-4-14)17-10-20-21(27)6-5-18(25(29)32)24(20)33-13-17/h5-6,8-9,11,14,17,30H,1-4,7,10,12-13H2,(H2,29,32). The average molecular weight is 457 g/mol. The zero-order valence-electron chi connectivity index (χ0n) is 18.2. The van der Waals surface area contributed by atoms with E-state index in [4.69, 9.17) is 10.5 Å². The summed E-state index contributed by atoms with van der Waals surface area (Å²) in [6.45, 7) is 2.01. The molecule has 8 heteroatoms. The number of hydrogen-bond acceptors (Lipinski definition) is 3. The minimum absolute atomic E-state index is 0.0198. The molecule has 1 saturated carbocycles. The molecule has 33 heavy (non-hydrogen) atoms. The molecule has 3 aromatic rings. The maximum absolute atomic E-state index is 14.6. The number of aromatic nitrogens is 1. The Bertz CT molecular complexity index is 1210. The third kappa shape index (κ3) is 4.44. The van der Waals surface area contributed by atoms with Gasteiger partial charge in [0, 0.05) is 35.8 Å². The Hall–Kier alpha value is -3.00. The van der Waals surface area contributed by atoms with Gasteiger partial charge in [0.25, 0.3) is 5.91 Å². The van der Waals surface area contributed by atoms with Crippen LogP contribution in [-0.4, -0.2) is 41.5 Å². The Morgan fingerprint density at radius 2 is 2.00 bits per heavy atom. The van der Waals surface area contributed by atoms with E-state index in [1.807, 2.05) is 0 Å². The first-order chi connectivity index (χ1) is 15.9. The molecule has 0 spiro atoms. The summed E-state index contributed by atoms with van der Waals surface area (Å²) in [6, 6.07) is 4.85. The predicted octanol–water partition coefficient (Wildman–Crippen LogP) is 4.33. The first-order valence-electron chi connectivity index (χ1n) is 11.3. The summed E-state index contributed by atoms with van der Waals surface area (Å²) >= 11 is 0. The Labute approximate surface area is 189 Å². The van der Waals surface area contributed by atoms with E-state index in [-0.39, 0.29) is 17.4 Å². The van der Waals surface area contributed by atoms with E-state index in [9.17, 15) is 18.0 Å². The topological polar surface area (TPSA) is 71.4 Å². The number of halogens is 3. The fourth-order valence-electron chi connectivity index (χ4n) is 4.81. The number of amides is 1. The summed E-state index contributed by atoms with van der Waals surface area (Å²) in [5.74, 6) is -1.33. The van der Waals surface area contributed by atoms with Crippen molar-refractivity contribution in [3.8, 4) is 5.75 Å². The number of nitrogens with one attached hydrogen (secondary N) is 1. The number of aryl methyl sites for hydroxylation is 1. The molecule has 174 valence electrons. The first-order valence-corrected chi connectivity index (χ1v) is 11.3. The molecule has 1 aliphatic carbocycles. The van der Waals surface area contributed by atoms with Crippen molar-refractivity contribution in [3.63, 3.8) is 0 Å². The molecule has 1 fully saturated rings. The van der Waals surface area contributed by atoms with Crippen LogP contribution in [-0.2, 0) is 12.8 Å². The molecule has 1 atom stereocenters. The SMILES string of the molecule is NC(=O)c1ccc(F)c2c1OCC(N(CCCc1c[nH]c3c(F)cc(F)cc13)CC1CC1)C2. The fraction of sp³-hybridized carbons (Fsp3) is 0.400. The molecule has 5 nitrogen and oxygen atoms in total. The fourth-order valence-corrected chi connectivity index (χ4v) is 4.81. The lowest BCUT2D eigenvalue weighted by atomic mass is 9.97. The van der Waals surface area contributed by atoms with Crippen LogP contribution in [0, 0.1) is 23.4 Å². The number of nitrogens with two attached hydrogens (primary N) is 1. The molecule has 3 N–H and O–H groups in total. The average Bonchev–Trinajstić information content (AvgIpc) is 3.51. The van der Waals surface area contributed by atoms with Gasteiger partial charge in [0.1, 0.15) is 29.8 Å². The molecule has 2 heterocycles. The van der Waals surface area contributed by atoms with Crippen molar-refractivity contribution in [2.75, 3.05) is 19.7 Å². The van der Waals surface area contributed by atoms with Gasteiger partial charge in [-0.2, -0.15) is 0 Å². The second-order valence-electron chi connectivity index (χ2n) is 9.10. The number of benzene rings is 2. The molecule has 0 saturated heterocycles. The van der Waals surface area contributed by atoms with E-state index >= 15 is 0 Å². The highest BCUT2D eigenvalue weighted by molar-refractivity contribution is 5.96. The van der Waals surface area contributed by atoms with Crippen molar-refractivity contribution in [2.45, 2.75) is 38.1 Å². The van der Waals surface area contributed by atoms with Gasteiger partial charge < -0.3 is 15.5 Å². The molecule has 2 aliphatic rings. The zero-order chi connectivity index (χ0) is 23.1. The maximum atomic E-state index is 14.6. The number of hydrogen-bond donors (Lipinski definition) is 2. The minimum Gasteiger partial charge on any atom is -0.491 e.